The molecule has 1 rings (SSSR count). The number of ether oxygens (including phenoxy) is 2. The Labute approximate surface area is 142 Å². The molecule has 0 spiro atoms. The first-order valence-corrected chi connectivity index (χ1v) is 7.64. The maximum atomic E-state index is 12.2. The van der Waals surface area contributed by atoms with Crippen LogP contribution >= 0.6 is 23.2 Å². The first-order valence-electron chi connectivity index (χ1n) is 6.88. The van der Waals surface area contributed by atoms with E-state index in [1.165, 1.54) is 25.1 Å². The summed E-state index contributed by atoms with van der Waals surface area (Å²) in [4.78, 5) is 0. The molecule has 0 aromatic heterocycles. The van der Waals surface area contributed by atoms with Crippen molar-refractivity contribution in [3.05, 3.63) is 34.0 Å². The van der Waals surface area contributed by atoms with Gasteiger partial charge in [0.05, 0.1) is 23.3 Å². The van der Waals surface area contributed by atoms with Gasteiger partial charge in [-0.15, -0.1) is 0 Å². The van der Waals surface area contributed by atoms with Gasteiger partial charge < -0.3 is 14.6 Å². The van der Waals surface area contributed by atoms with Crippen LogP contribution in [0.1, 0.15) is 26.2 Å². The van der Waals surface area contributed by atoms with Gasteiger partial charge in [0.25, 0.3) is 0 Å². The summed E-state index contributed by atoms with van der Waals surface area (Å²) < 4.78 is 47.2. The summed E-state index contributed by atoms with van der Waals surface area (Å²) in [6.45, 7) is 1.94. The van der Waals surface area contributed by atoms with Gasteiger partial charge in [-0.25, -0.2) is 0 Å². The number of hydrogen-bond donors (Lipinski definition) is 1. The van der Waals surface area contributed by atoms with E-state index in [1.54, 1.807) is 0 Å². The maximum Gasteiger partial charge on any atom is 0.396 e. The number of unbranched alkanes of at least 4 members (excludes halogenated alkanes) is 1. The highest BCUT2D eigenvalue weighted by atomic mass is 35.5. The molecule has 0 aliphatic heterocycles. The normalized spacial score (nSPS) is 12.3. The molecule has 0 amide bonds. The van der Waals surface area contributed by atoms with E-state index in [9.17, 15) is 18.3 Å². The van der Waals surface area contributed by atoms with E-state index in [-0.39, 0.29) is 40.5 Å². The fourth-order valence-corrected chi connectivity index (χ4v) is 2.28. The minimum absolute atomic E-state index is 0.0655. The molecule has 0 saturated heterocycles. The third kappa shape index (κ3) is 7.70. The van der Waals surface area contributed by atoms with Gasteiger partial charge >= 0.3 is 6.18 Å². The van der Waals surface area contributed by atoms with Crippen LogP contribution in [-0.4, -0.2) is 24.5 Å². The monoisotopic (exact) mass is 372 g/mol. The molecule has 0 heterocycles. The Hall–Kier alpha value is -1.27. The highest BCUT2D eigenvalue weighted by Crippen LogP contribution is 2.36. The van der Waals surface area contributed by atoms with Crippen molar-refractivity contribution in [3.63, 3.8) is 0 Å². The van der Waals surface area contributed by atoms with Crippen LogP contribution in [0.4, 0.5) is 13.2 Å². The zero-order valence-electron chi connectivity index (χ0n) is 12.4. The smallest absolute Gasteiger partial charge is 0.396 e. The molecule has 130 valence electrons. The topological polar surface area (TPSA) is 38.7 Å². The van der Waals surface area contributed by atoms with Crippen molar-refractivity contribution < 1.29 is 27.8 Å². The van der Waals surface area contributed by atoms with Crippen LogP contribution in [-0.2, 0) is 4.74 Å². The zero-order valence-corrected chi connectivity index (χ0v) is 13.9. The summed E-state index contributed by atoms with van der Waals surface area (Å²) in [6.07, 6.45) is -2.98. The molecule has 8 heteroatoms. The Morgan fingerprint density at radius 1 is 1.17 bits per heavy atom. The summed E-state index contributed by atoms with van der Waals surface area (Å²) in [5.41, 5.74) is 0. The van der Waals surface area contributed by atoms with E-state index in [0.29, 0.717) is 12.8 Å². The number of aromatic hydroxyl groups is 1. The van der Waals surface area contributed by atoms with Gasteiger partial charge in [-0.1, -0.05) is 23.2 Å². The number of benzene rings is 1. The summed E-state index contributed by atoms with van der Waals surface area (Å²) in [5.74, 6) is 0.102. The van der Waals surface area contributed by atoms with Crippen LogP contribution in [0.15, 0.2) is 24.0 Å². The fourth-order valence-electron chi connectivity index (χ4n) is 1.70. The van der Waals surface area contributed by atoms with Crippen molar-refractivity contribution in [2.45, 2.75) is 32.4 Å². The van der Waals surface area contributed by atoms with Crippen LogP contribution < -0.4 is 4.74 Å². The van der Waals surface area contributed by atoms with E-state index < -0.39 is 12.6 Å². The van der Waals surface area contributed by atoms with Crippen LogP contribution in [0.5, 0.6) is 11.5 Å². The summed E-state index contributed by atoms with van der Waals surface area (Å²) in [5, 5.41) is 9.66. The molecular formula is C15H17Cl2F3O3. The lowest BCUT2D eigenvalue weighted by atomic mass is 10.3. The molecule has 0 radical (unpaired) electrons. The van der Waals surface area contributed by atoms with Gasteiger partial charge in [-0.2, -0.15) is 13.2 Å². The zero-order chi connectivity index (χ0) is 17.5. The Kier molecular flexibility index (Phi) is 7.85. The SMILES string of the molecule is CC=C(CC(F)(F)F)OCCCCOc1c(Cl)cc(O)cc1Cl. The van der Waals surface area contributed by atoms with Gasteiger partial charge in [0.1, 0.15) is 17.9 Å². The Morgan fingerprint density at radius 3 is 2.26 bits per heavy atom. The number of phenolic OH excluding ortho intramolecular Hbond substituents is 1. The highest BCUT2D eigenvalue weighted by molar-refractivity contribution is 6.37. The number of rotatable bonds is 8. The predicted octanol–water partition coefficient (Wildman–Crippen LogP) is 5.73. The van der Waals surface area contributed by atoms with Crippen molar-refractivity contribution in [2.75, 3.05) is 13.2 Å². The molecule has 1 aromatic rings. The number of allylic oxidation sites excluding steroid dienone is 2. The minimum atomic E-state index is -4.28. The summed E-state index contributed by atoms with van der Waals surface area (Å²) in [6, 6.07) is 2.61. The predicted molar refractivity (Wildman–Crippen MR) is 83.2 cm³/mol. The first-order chi connectivity index (χ1) is 10.7. The van der Waals surface area contributed by atoms with Crippen LogP contribution in [0, 0.1) is 0 Å². The third-order valence-corrected chi connectivity index (χ3v) is 3.31. The van der Waals surface area contributed by atoms with Crippen molar-refractivity contribution in [2.24, 2.45) is 0 Å². The Balaban J connectivity index is 2.29. The third-order valence-electron chi connectivity index (χ3n) is 2.75. The molecular weight excluding hydrogens is 356 g/mol. The molecule has 0 unspecified atom stereocenters. The van der Waals surface area contributed by atoms with E-state index in [0.717, 1.165) is 0 Å². The fraction of sp³-hybridized carbons (Fsp3) is 0.467. The van der Waals surface area contributed by atoms with E-state index >= 15 is 0 Å². The second-order valence-corrected chi connectivity index (χ2v) is 5.50. The largest absolute Gasteiger partial charge is 0.508 e. The highest BCUT2D eigenvalue weighted by Gasteiger charge is 2.29. The van der Waals surface area contributed by atoms with Crippen molar-refractivity contribution >= 4 is 23.2 Å². The van der Waals surface area contributed by atoms with Crippen LogP contribution in [0.2, 0.25) is 10.0 Å². The quantitative estimate of drug-likeness (QED) is 0.467. The Bertz CT molecular complexity index is 522. The number of halogens is 5. The minimum Gasteiger partial charge on any atom is -0.508 e. The summed E-state index contributed by atoms with van der Waals surface area (Å²) >= 11 is 11.8. The molecule has 0 saturated carbocycles. The van der Waals surface area contributed by atoms with E-state index in [1.807, 2.05) is 0 Å². The van der Waals surface area contributed by atoms with Gasteiger partial charge in [-0.3, -0.25) is 0 Å². The number of phenols is 1. The molecule has 1 aromatic carbocycles. The van der Waals surface area contributed by atoms with Gasteiger partial charge in [0.2, 0.25) is 0 Å². The molecule has 0 bridgehead atoms. The molecule has 23 heavy (non-hydrogen) atoms. The van der Waals surface area contributed by atoms with Crippen LogP contribution in [0.25, 0.3) is 0 Å². The Morgan fingerprint density at radius 2 is 1.74 bits per heavy atom. The lowest BCUT2D eigenvalue weighted by molar-refractivity contribution is -0.134. The van der Waals surface area contributed by atoms with Crippen LogP contribution in [0.3, 0.4) is 0 Å². The van der Waals surface area contributed by atoms with Crippen molar-refractivity contribution in [1.29, 1.82) is 0 Å². The molecule has 1 N–H and O–H groups in total. The standard InChI is InChI=1S/C15H17Cl2F3O3/c1-2-11(9-15(18,19)20)22-5-3-4-6-23-14-12(16)7-10(21)8-13(14)17/h2,7-8,21H,3-6,9H2,1H3. The molecule has 3 nitrogen and oxygen atoms in total. The lowest BCUT2D eigenvalue weighted by Gasteiger charge is -2.13. The van der Waals surface area contributed by atoms with Crippen molar-refractivity contribution in [1.82, 2.24) is 0 Å². The maximum absolute atomic E-state index is 12.2. The number of alkyl halides is 3. The average Bonchev–Trinajstić information content (AvgIpc) is 2.42. The van der Waals surface area contributed by atoms with E-state index in [2.05, 4.69) is 0 Å². The van der Waals surface area contributed by atoms with Gasteiger partial charge in [0.15, 0.2) is 5.75 Å². The van der Waals surface area contributed by atoms with Gasteiger partial charge in [0, 0.05) is 12.1 Å². The molecule has 0 aliphatic rings. The summed E-state index contributed by atoms with van der Waals surface area (Å²) in [7, 11) is 0. The molecule has 0 atom stereocenters. The average molecular weight is 373 g/mol. The van der Waals surface area contributed by atoms with Gasteiger partial charge in [-0.05, 0) is 25.8 Å². The lowest BCUT2D eigenvalue weighted by Crippen LogP contribution is -2.11. The first kappa shape index (κ1) is 19.8. The molecule has 0 fully saturated rings. The number of hydrogen-bond acceptors (Lipinski definition) is 3. The van der Waals surface area contributed by atoms with Crippen molar-refractivity contribution in [3.8, 4) is 11.5 Å². The molecule has 0 aliphatic carbocycles. The second kappa shape index (κ2) is 9.13. The second-order valence-electron chi connectivity index (χ2n) is 4.69. The van der Waals surface area contributed by atoms with E-state index in [4.69, 9.17) is 32.7 Å².